The number of likely N-dealkylation sites (tertiary alicyclic amines) is 1. The molecule has 0 bridgehead atoms. The van der Waals surface area contributed by atoms with Crippen molar-refractivity contribution in [3.8, 4) is 0 Å². The number of aromatic nitrogens is 2. The van der Waals surface area contributed by atoms with Crippen molar-refractivity contribution in [1.82, 2.24) is 19.8 Å². The molecule has 1 N–H and O–H groups in total. The molecule has 0 radical (unpaired) electrons. The molecule has 0 spiro atoms. The largest absolute Gasteiger partial charge is 0.365 e. The van der Waals surface area contributed by atoms with Crippen LogP contribution in [0.15, 0.2) is 36.7 Å². The van der Waals surface area contributed by atoms with E-state index < -0.39 is 0 Å². The Kier molecular flexibility index (Phi) is 5.67. The Labute approximate surface area is 171 Å². The van der Waals surface area contributed by atoms with Crippen LogP contribution in [0.4, 0.5) is 0 Å². The van der Waals surface area contributed by atoms with Gasteiger partial charge in [-0.15, -0.1) is 0 Å². The van der Waals surface area contributed by atoms with Gasteiger partial charge in [0, 0.05) is 25.0 Å². The summed E-state index contributed by atoms with van der Waals surface area (Å²) in [5, 5.41) is 2.97. The number of nitrogens with one attached hydrogen (secondary N) is 1. The van der Waals surface area contributed by atoms with Gasteiger partial charge in [-0.25, -0.2) is 4.98 Å². The zero-order valence-corrected chi connectivity index (χ0v) is 17.0. The summed E-state index contributed by atoms with van der Waals surface area (Å²) in [6, 6.07) is 10.2. The number of fused-ring (bicyclic) bond motifs is 1. The highest BCUT2D eigenvalue weighted by Crippen LogP contribution is 2.28. The van der Waals surface area contributed by atoms with E-state index in [2.05, 4.69) is 22.4 Å². The third-order valence-electron chi connectivity index (χ3n) is 5.69. The van der Waals surface area contributed by atoms with E-state index in [1.165, 1.54) is 0 Å². The fourth-order valence-electron chi connectivity index (χ4n) is 4.07. The number of ether oxygens (including phenoxy) is 1. The van der Waals surface area contributed by atoms with E-state index in [0.29, 0.717) is 44.8 Å². The van der Waals surface area contributed by atoms with Crippen molar-refractivity contribution in [1.29, 1.82) is 0 Å². The van der Waals surface area contributed by atoms with Crippen molar-refractivity contribution in [2.45, 2.75) is 52.0 Å². The molecule has 29 heavy (non-hydrogen) atoms. The number of hydrogen-bond acceptors (Lipinski definition) is 4. The molecule has 1 aromatic heterocycles. The van der Waals surface area contributed by atoms with Crippen LogP contribution in [-0.2, 0) is 22.7 Å². The molecule has 1 fully saturated rings. The molecule has 1 aromatic carbocycles. The zero-order chi connectivity index (χ0) is 20.4. The van der Waals surface area contributed by atoms with Gasteiger partial charge in [0.05, 0.1) is 25.2 Å². The van der Waals surface area contributed by atoms with Crippen molar-refractivity contribution in [3.63, 3.8) is 0 Å². The fourth-order valence-corrected chi connectivity index (χ4v) is 4.07. The van der Waals surface area contributed by atoms with Crippen molar-refractivity contribution in [2.75, 3.05) is 13.1 Å². The quantitative estimate of drug-likeness (QED) is 0.862. The summed E-state index contributed by atoms with van der Waals surface area (Å²) >= 11 is 0. The van der Waals surface area contributed by atoms with Crippen molar-refractivity contribution in [3.05, 3.63) is 53.6 Å². The predicted molar refractivity (Wildman–Crippen MR) is 108 cm³/mol. The number of carbonyl (C=O) groups is 2. The Bertz CT molecular complexity index is 869. The number of carbonyl (C=O) groups excluding carboxylic acids is 2. The summed E-state index contributed by atoms with van der Waals surface area (Å²) in [5.41, 5.74) is 2.44. The molecule has 154 valence electrons. The van der Waals surface area contributed by atoms with E-state index in [0.717, 1.165) is 11.3 Å². The molecule has 7 heteroatoms. The van der Waals surface area contributed by atoms with Gasteiger partial charge >= 0.3 is 0 Å². The summed E-state index contributed by atoms with van der Waals surface area (Å²) in [6.07, 6.45) is 3.08. The fraction of sp³-hybridized carbons (Fsp3) is 0.500. The molecule has 1 atom stereocenters. The maximum atomic E-state index is 13.0. The van der Waals surface area contributed by atoms with Crippen LogP contribution in [0.1, 0.15) is 54.5 Å². The number of rotatable bonds is 4. The van der Waals surface area contributed by atoms with E-state index in [9.17, 15) is 9.59 Å². The number of amides is 2. The first-order chi connectivity index (χ1) is 14.0. The lowest BCUT2D eigenvalue weighted by atomic mass is 9.95. The van der Waals surface area contributed by atoms with Crippen LogP contribution >= 0.6 is 0 Å². The normalized spacial score (nSPS) is 19.8. The summed E-state index contributed by atoms with van der Waals surface area (Å²) in [4.78, 5) is 31.5. The van der Waals surface area contributed by atoms with Crippen LogP contribution in [-0.4, -0.2) is 45.4 Å². The smallest absolute Gasteiger partial charge is 0.274 e. The Balaban J connectivity index is 1.39. The molecule has 4 rings (SSSR count). The SMILES string of the molecule is CC(C)NC(=O)C1CCN(C(=O)c2ncn3c2CO[C@H](c2ccccc2)C3)CC1. The van der Waals surface area contributed by atoms with E-state index in [-0.39, 0.29) is 29.9 Å². The highest BCUT2D eigenvalue weighted by Gasteiger charge is 2.32. The third kappa shape index (κ3) is 4.19. The number of nitrogens with zero attached hydrogens (tertiary/aromatic N) is 3. The molecule has 0 saturated carbocycles. The van der Waals surface area contributed by atoms with Crippen molar-refractivity contribution in [2.24, 2.45) is 5.92 Å². The Hall–Kier alpha value is -2.67. The van der Waals surface area contributed by atoms with Gasteiger partial charge in [-0.05, 0) is 32.3 Å². The first-order valence-electron chi connectivity index (χ1n) is 10.3. The molecule has 7 nitrogen and oxygen atoms in total. The second kappa shape index (κ2) is 8.37. The van der Waals surface area contributed by atoms with Gasteiger partial charge in [0.2, 0.25) is 5.91 Å². The van der Waals surface area contributed by atoms with Crippen LogP contribution in [0.5, 0.6) is 0 Å². The van der Waals surface area contributed by atoms with Gasteiger partial charge in [0.25, 0.3) is 5.91 Å². The standard InChI is InChI=1S/C22H28N4O3/c1-15(2)24-21(27)17-8-10-25(11-9-17)22(28)20-18-13-29-19(12-26(18)14-23-20)16-6-4-3-5-7-16/h3-7,14-15,17,19H,8-13H2,1-2H3,(H,24,27)/t19-/m0/s1. The van der Waals surface area contributed by atoms with E-state index in [1.54, 1.807) is 6.33 Å². The minimum absolute atomic E-state index is 0.0210. The van der Waals surface area contributed by atoms with Crippen molar-refractivity contribution < 1.29 is 14.3 Å². The molecule has 3 heterocycles. The molecule has 2 amide bonds. The molecule has 2 aromatic rings. The molecule has 0 unspecified atom stereocenters. The monoisotopic (exact) mass is 396 g/mol. The lowest BCUT2D eigenvalue weighted by molar-refractivity contribution is -0.126. The van der Waals surface area contributed by atoms with Crippen LogP contribution in [0.25, 0.3) is 0 Å². The highest BCUT2D eigenvalue weighted by atomic mass is 16.5. The zero-order valence-electron chi connectivity index (χ0n) is 17.0. The summed E-state index contributed by atoms with van der Waals surface area (Å²) in [6.45, 7) is 6.10. The van der Waals surface area contributed by atoms with Crippen molar-refractivity contribution >= 4 is 11.8 Å². The van der Waals surface area contributed by atoms with Gasteiger partial charge in [-0.1, -0.05) is 30.3 Å². The minimum Gasteiger partial charge on any atom is -0.365 e. The Morgan fingerprint density at radius 3 is 2.59 bits per heavy atom. The highest BCUT2D eigenvalue weighted by molar-refractivity contribution is 5.93. The molecule has 2 aliphatic rings. The topological polar surface area (TPSA) is 76.5 Å². The summed E-state index contributed by atoms with van der Waals surface area (Å²) in [7, 11) is 0. The molecule has 1 saturated heterocycles. The lowest BCUT2D eigenvalue weighted by Crippen LogP contribution is -2.44. The second-order valence-electron chi connectivity index (χ2n) is 8.13. The number of piperidine rings is 1. The minimum atomic E-state index is -0.0665. The first-order valence-corrected chi connectivity index (χ1v) is 10.3. The number of benzene rings is 1. The Morgan fingerprint density at radius 1 is 1.17 bits per heavy atom. The number of hydrogen-bond donors (Lipinski definition) is 1. The summed E-state index contributed by atoms with van der Waals surface area (Å²) in [5.74, 6) is 0.00220. The third-order valence-corrected chi connectivity index (χ3v) is 5.69. The molecular formula is C22H28N4O3. The van der Waals surface area contributed by atoms with Gasteiger partial charge in [-0.2, -0.15) is 0 Å². The van der Waals surface area contributed by atoms with E-state index >= 15 is 0 Å². The van der Waals surface area contributed by atoms with Crippen LogP contribution in [0.3, 0.4) is 0 Å². The van der Waals surface area contributed by atoms with Crippen LogP contribution < -0.4 is 5.32 Å². The predicted octanol–water partition coefficient (Wildman–Crippen LogP) is 2.53. The molecule has 0 aliphatic carbocycles. The Morgan fingerprint density at radius 2 is 1.90 bits per heavy atom. The number of imidazole rings is 1. The van der Waals surface area contributed by atoms with Crippen LogP contribution in [0, 0.1) is 5.92 Å². The average molecular weight is 396 g/mol. The molecule has 2 aliphatic heterocycles. The van der Waals surface area contributed by atoms with Gasteiger partial charge in [-0.3, -0.25) is 9.59 Å². The van der Waals surface area contributed by atoms with Gasteiger partial charge < -0.3 is 19.5 Å². The van der Waals surface area contributed by atoms with Gasteiger partial charge in [0.15, 0.2) is 5.69 Å². The van der Waals surface area contributed by atoms with Crippen LogP contribution in [0.2, 0.25) is 0 Å². The molecular weight excluding hydrogens is 368 g/mol. The maximum Gasteiger partial charge on any atom is 0.274 e. The first kappa shape index (κ1) is 19.6. The van der Waals surface area contributed by atoms with Gasteiger partial charge in [0.1, 0.15) is 6.10 Å². The van der Waals surface area contributed by atoms with E-state index in [4.69, 9.17) is 4.74 Å². The van der Waals surface area contributed by atoms with E-state index in [1.807, 2.05) is 41.5 Å². The average Bonchev–Trinajstić information content (AvgIpc) is 3.16. The maximum absolute atomic E-state index is 13.0. The second-order valence-corrected chi connectivity index (χ2v) is 8.13. The summed E-state index contributed by atoms with van der Waals surface area (Å²) < 4.78 is 8.05. The lowest BCUT2D eigenvalue weighted by Gasteiger charge is -2.32.